The van der Waals surface area contributed by atoms with Crippen LogP contribution in [0.4, 0.5) is 19.1 Å². The van der Waals surface area contributed by atoms with Gasteiger partial charge >= 0.3 is 6.18 Å². The van der Waals surface area contributed by atoms with Crippen LogP contribution in [-0.2, 0) is 6.18 Å². The zero-order valence-electron chi connectivity index (χ0n) is 11.2. The summed E-state index contributed by atoms with van der Waals surface area (Å²) in [5.41, 5.74) is -0.987. The van der Waals surface area contributed by atoms with Gasteiger partial charge in [-0.3, -0.25) is 0 Å². The number of hydrogen-bond donors (Lipinski definition) is 1. The molecule has 8 heteroatoms. The van der Waals surface area contributed by atoms with Gasteiger partial charge in [0.2, 0.25) is 5.95 Å². The van der Waals surface area contributed by atoms with Crippen molar-refractivity contribution in [2.45, 2.75) is 16.1 Å². The second-order valence-corrected chi connectivity index (χ2v) is 4.98. The molecule has 1 aromatic heterocycles. The quantitative estimate of drug-likeness (QED) is 0.872. The molecule has 0 aliphatic heterocycles. The number of nitrogens with one attached hydrogen (secondary N) is 1. The molecule has 1 heterocycles. The van der Waals surface area contributed by atoms with Crippen molar-refractivity contribution in [3.63, 3.8) is 0 Å². The Kier molecular flexibility index (Phi) is 4.56. The average Bonchev–Trinajstić information content (AvgIpc) is 2.46. The van der Waals surface area contributed by atoms with E-state index >= 15 is 0 Å². The number of methoxy groups -OCH3 is 1. The van der Waals surface area contributed by atoms with Gasteiger partial charge in [0.1, 0.15) is 10.8 Å². The monoisotopic (exact) mass is 315 g/mol. The fourth-order valence-corrected chi connectivity index (χ4v) is 2.48. The van der Waals surface area contributed by atoms with E-state index in [1.165, 1.54) is 14.2 Å². The third-order valence-electron chi connectivity index (χ3n) is 2.50. The van der Waals surface area contributed by atoms with E-state index in [2.05, 4.69) is 15.3 Å². The summed E-state index contributed by atoms with van der Waals surface area (Å²) in [6, 6.07) is 7.95. The molecule has 0 aliphatic rings. The van der Waals surface area contributed by atoms with Gasteiger partial charge in [-0.15, -0.1) is 0 Å². The molecule has 0 saturated carbocycles. The Morgan fingerprint density at radius 3 is 2.52 bits per heavy atom. The fraction of sp³-hybridized carbons (Fsp3) is 0.231. The Morgan fingerprint density at radius 1 is 1.19 bits per heavy atom. The van der Waals surface area contributed by atoms with Crippen molar-refractivity contribution < 1.29 is 17.9 Å². The minimum atomic E-state index is -4.52. The molecule has 0 unspecified atom stereocenters. The Hall–Kier alpha value is -1.96. The number of hydrogen-bond acceptors (Lipinski definition) is 5. The molecule has 0 fully saturated rings. The summed E-state index contributed by atoms with van der Waals surface area (Å²) in [6.45, 7) is 0. The lowest BCUT2D eigenvalue weighted by Crippen LogP contribution is -2.11. The fourth-order valence-electron chi connectivity index (χ4n) is 1.55. The first-order chi connectivity index (χ1) is 9.94. The topological polar surface area (TPSA) is 47.0 Å². The van der Waals surface area contributed by atoms with Crippen molar-refractivity contribution in [2.24, 2.45) is 0 Å². The van der Waals surface area contributed by atoms with Crippen LogP contribution in [0.5, 0.6) is 5.75 Å². The van der Waals surface area contributed by atoms with Crippen LogP contribution in [0.3, 0.4) is 0 Å². The number of rotatable bonds is 4. The highest BCUT2D eigenvalue weighted by Crippen LogP contribution is 2.36. The first-order valence-corrected chi connectivity index (χ1v) is 6.70. The molecule has 0 bridgehead atoms. The Morgan fingerprint density at radius 2 is 1.90 bits per heavy atom. The molecule has 0 aliphatic carbocycles. The van der Waals surface area contributed by atoms with Crippen LogP contribution in [-0.4, -0.2) is 24.1 Å². The zero-order chi connectivity index (χ0) is 15.5. The molecule has 21 heavy (non-hydrogen) atoms. The van der Waals surface area contributed by atoms with Gasteiger partial charge in [0.15, 0.2) is 5.69 Å². The number of ether oxygens (including phenoxy) is 1. The predicted molar refractivity (Wildman–Crippen MR) is 73.7 cm³/mol. The smallest absolute Gasteiger partial charge is 0.433 e. The summed E-state index contributed by atoms with van der Waals surface area (Å²) in [4.78, 5) is 8.11. The van der Waals surface area contributed by atoms with E-state index in [1.807, 2.05) is 0 Å². The molecule has 0 spiro atoms. The minimum Gasteiger partial charge on any atom is -0.496 e. The molecular formula is C13H12F3N3OS. The normalized spacial score (nSPS) is 11.3. The first kappa shape index (κ1) is 15.4. The number of anilines is 1. The van der Waals surface area contributed by atoms with Gasteiger partial charge in [0.05, 0.1) is 12.0 Å². The molecule has 0 amide bonds. The maximum atomic E-state index is 12.8. The highest BCUT2D eigenvalue weighted by molar-refractivity contribution is 7.99. The van der Waals surface area contributed by atoms with Crippen molar-refractivity contribution in [3.8, 4) is 5.75 Å². The van der Waals surface area contributed by atoms with E-state index in [4.69, 9.17) is 4.74 Å². The molecule has 0 radical (unpaired) electrons. The van der Waals surface area contributed by atoms with Crippen LogP contribution in [0, 0.1) is 0 Å². The summed E-state index contributed by atoms with van der Waals surface area (Å²) < 4.78 is 43.6. The first-order valence-electron chi connectivity index (χ1n) is 5.89. The number of aromatic nitrogens is 2. The molecule has 1 aromatic carbocycles. The summed E-state index contributed by atoms with van der Waals surface area (Å²) in [5, 5.41) is 2.71. The third-order valence-corrected chi connectivity index (χ3v) is 3.48. The molecule has 0 saturated heterocycles. The van der Waals surface area contributed by atoms with Gasteiger partial charge < -0.3 is 10.1 Å². The molecule has 2 aromatic rings. The van der Waals surface area contributed by atoms with Crippen molar-refractivity contribution >= 4 is 17.7 Å². The highest BCUT2D eigenvalue weighted by Gasteiger charge is 2.33. The van der Waals surface area contributed by atoms with Crippen LogP contribution >= 0.6 is 11.8 Å². The van der Waals surface area contributed by atoms with Gasteiger partial charge in [-0.05, 0) is 12.1 Å². The maximum absolute atomic E-state index is 12.8. The Balaban J connectivity index is 2.39. The van der Waals surface area contributed by atoms with Crippen LogP contribution in [0.1, 0.15) is 5.69 Å². The van der Waals surface area contributed by atoms with Crippen molar-refractivity contribution in [1.29, 1.82) is 0 Å². The summed E-state index contributed by atoms with van der Waals surface area (Å²) >= 11 is 1.08. The number of alkyl halides is 3. The van der Waals surface area contributed by atoms with Crippen LogP contribution in [0.15, 0.2) is 40.3 Å². The standard InChI is InChI=1S/C13H12F3N3OS/c1-17-12-18-10(13(14,15)16)7-11(19-12)21-9-6-4-3-5-8(9)20-2/h3-7H,1-2H3,(H,17,18,19). The summed E-state index contributed by atoms with van der Waals surface area (Å²) in [6.07, 6.45) is -4.52. The second-order valence-electron chi connectivity index (χ2n) is 3.92. The van der Waals surface area contributed by atoms with E-state index in [9.17, 15) is 13.2 Å². The molecule has 112 valence electrons. The third kappa shape index (κ3) is 3.78. The highest BCUT2D eigenvalue weighted by atomic mass is 32.2. The second kappa shape index (κ2) is 6.21. The number of nitrogens with zero attached hydrogens (tertiary/aromatic N) is 2. The number of benzene rings is 1. The SMILES string of the molecule is CNc1nc(Sc2ccccc2OC)cc(C(F)(F)F)n1. The largest absolute Gasteiger partial charge is 0.496 e. The van der Waals surface area contributed by atoms with Crippen LogP contribution in [0.2, 0.25) is 0 Å². The van der Waals surface area contributed by atoms with Crippen molar-refractivity contribution in [1.82, 2.24) is 9.97 Å². The number of halogens is 3. The lowest BCUT2D eigenvalue weighted by molar-refractivity contribution is -0.141. The van der Waals surface area contributed by atoms with E-state index in [0.29, 0.717) is 10.6 Å². The van der Waals surface area contributed by atoms with Gasteiger partial charge in [-0.2, -0.15) is 13.2 Å². The van der Waals surface area contributed by atoms with E-state index < -0.39 is 11.9 Å². The van der Waals surface area contributed by atoms with Crippen molar-refractivity contribution in [2.75, 3.05) is 19.5 Å². The van der Waals surface area contributed by atoms with Gasteiger partial charge in [0.25, 0.3) is 0 Å². The summed E-state index contributed by atoms with van der Waals surface area (Å²) in [7, 11) is 2.96. The zero-order valence-corrected chi connectivity index (χ0v) is 12.0. The lowest BCUT2D eigenvalue weighted by Gasteiger charge is -2.11. The summed E-state index contributed by atoms with van der Waals surface area (Å²) in [5.74, 6) is 0.489. The maximum Gasteiger partial charge on any atom is 0.433 e. The van der Waals surface area contributed by atoms with Gasteiger partial charge in [-0.25, -0.2) is 9.97 Å². The molecule has 1 N–H and O–H groups in total. The predicted octanol–water partition coefficient (Wildman–Crippen LogP) is 3.70. The number of para-hydroxylation sites is 1. The van der Waals surface area contributed by atoms with Crippen molar-refractivity contribution in [3.05, 3.63) is 36.0 Å². The Labute approximate surface area is 123 Å². The Bertz CT molecular complexity index is 634. The van der Waals surface area contributed by atoms with Crippen LogP contribution in [0.25, 0.3) is 0 Å². The molecule has 2 rings (SSSR count). The van der Waals surface area contributed by atoms with Gasteiger partial charge in [-0.1, -0.05) is 23.9 Å². The van der Waals surface area contributed by atoms with E-state index in [1.54, 1.807) is 24.3 Å². The van der Waals surface area contributed by atoms with E-state index in [-0.39, 0.29) is 11.0 Å². The lowest BCUT2D eigenvalue weighted by atomic mass is 10.3. The minimum absolute atomic E-state index is 0.0813. The van der Waals surface area contributed by atoms with Gasteiger partial charge in [0, 0.05) is 13.1 Å². The molecule has 0 atom stereocenters. The molecule has 4 nitrogen and oxygen atoms in total. The van der Waals surface area contributed by atoms with Crippen LogP contribution < -0.4 is 10.1 Å². The van der Waals surface area contributed by atoms with E-state index in [0.717, 1.165) is 17.8 Å². The molecular weight excluding hydrogens is 303 g/mol. The average molecular weight is 315 g/mol.